The van der Waals surface area contributed by atoms with Crippen LogP contribution in [0.4, 0.5) is 0 Å². The van der Waals surface area contributed by atoms with Crippen molar-refractivity contribution >= 4 is 5.91 Å². The zero-order valence-corrected chi connectivity index (χ0v) is 17.3. The summed E-state index contributed by atoms with van der Waals surface area (Å²) in [6.45, 7) is 2.47. The van der Waals surface area contributed by atoms with Crippen molar-refractivity contribution in [1.29, 1.82) is 0 Å². The number of hydrogen-bond donors (Lipinski definition) is 2. The van der Waals surface area contributed by atoms with Gasteiger partial charge in [-0.15, -0.1) is 0 Å². The van der Waals surface area contributed by atoms with Gasteiger partial charge < -0.3 is 15.2 Å². The third-order valence-electron chi connectivity index (χ3n) is 4.28. The first-order valence-electron chi connectivity index (χ1n) is 10.6. The lowest BCUT2D eigenvalue weighted by Gasteiger charge is -1.99. The molecule has 0 spiro atoms. The maximum absolute atomic E-state index is 11.3. The summed E-state index contributed by atoms with van der Waals surface area (Å²) in [5.74, 6) is -0.0126. The lowest BCUT2D eigenvalue weighted by molar-refractivity contribution is -0.121. The van der Waals surface area contributed by atoms with Gasteiger partial charge in [-0.25, -0.2) is 0 Å². The highest BCUT2D eigenvalue weighted by Gasteiger charge is 2.35. The summed E-state index contributed by atoms with van der Waals surface area (Å²) in [4.78, 5) is 11.3. The van der Waals surface area contributed by atoms with Crippen LogP contribution in [0.15, 0.2) is 60.8 Å². The first-order chi connectivity index (χ1) is 13.8. The molecule has 1 saturated heterocycles. The quantitative estimate of drug-likeness (QED) is 0.296. The van der Waals surface area contributed by atoms with Crippen molar-refractivity contribution in [2.24, 2.45) is 0 Å². The second kappa shape index (κ2) is 17.2. The predicted octanol–water partition coefficient (Wildman–Crippen LogP) is 4.78. The topological polar surface area (TPSA) is 61.9 Å². The average molecular weight is 388 g/mol. The van der Waals surface area contributed by atoms with Crippen LogP contribution in [-0.4, -0.2) is 36.4 Å². The number of nitrogens with one attached hydrogen (secondary N) is 1. The van der Waals surface area contributed by atoms with E-state index >= 15 is 0 Å². The highest BCUT2D eigenvalue weighted by Crippen LogP contribution is 2.29. The highest BCUT2D eigenvalue weighted by molar-refractivity contribution is 5.75. The molecule has 4 heteroatoms. The van der Waals surface area contributed by atoms with Crippen molar-refractivity contribution in [3.05, 3.63) is 60.8 Å². The number of aliphatic hydroxyl groups is 1. The number of allylic oxidation sites excluding steroid dienone is 8. The molecule has 0 aliphatic carbocycles. The SMILES string of the molecule is CC/C=C\C/C=C\CC1OC1C/C=C\C/C=C\C/C=C\CCC(=O)NCCO. The minimum absolute atomic E-state index is 0.0103. The number of carbonyl (C=O) groups excluding carboxylic acids is 1. The van der Waals surface area contributed by atoms with Crippen molar-refractivity contribution in [3.8, 4) is 0 Å². The van der Waals surface area contributed by atoms with E-state index < -0.39 is 0 Å². The zero-order chi connectivity index (χ0) is 20.3. The first kappa shape index (κ1) is 24.1. The molecule has 0 aromatic heterocycles. The molecular formula is C24H37NO3. The van der Waals surface area contributed by atoms with Gasteiger partial charge in [0.25, 0.3) is 0 Å². The molecule has 1 aliphatic rings. The van der Waals surface area contributed by atoms with E-state index in [1.807, 2.05) is 6.08 Å². The Morgan fingerprint density at radius 3 is 1.96 bits per heavy atom. The van der Waals surface area contributed by atoms with Gasteiger partial charge in [-0.1, -0.05) is 67.7 Å². The molecule has 0 aromatic carbocycles. The highest BCUT2D eigenvalue weighted by atomic mass is 16.6. The van der Waals surface area contributed by atoms with Crippen LogP contribution in [0.25, 0.3) is 0 Å². The van der Waals surface area contributed by atoms with Crippen molar-refractivity contribution in [2.45, 2.75) is 70.5 Å². The maximum Gasteiger partial charge on any atom is 0.220 e. The fourth-order valence-corrected chi connectivity index (χ4v) is 2.65. The summed E-state index contributed by atoms with van der Waals surface area (Å²) in [5.41, 5.74) is 0. The molecule has 0 saturated carbocycles. The Bertz CT molecular complexity index is 546. The Hall–Kier alpha value is -1.91. The van der Waals surface area contributed by atoms with E-state index in [-0.39, 0.29) is 12.5 Å². The fraction of sp³-hybridized carbons (Fsp3) is 0.542. The molecule has 1 amide bonds. The summed E-state index contributed by atoms with van der Waals surface area (Å²) in [5, 5.41) is 11.3. The van der Waals surface area contributed by atoms with Crippen LogP contribution >= 0.6 is 0 Å². The van der Waals surface area contributed by atoms with Crippen molar-refractivity contribution in [1.82, 2.24) is 5.32 Å². The van der Waals surface area contributed by atoms with Crippen LogP contribution in [0.3, 0.4) is 0 Å². The fourth-order valence-electron chi connectivity index (χ4n) is 2.65. The number of amides is 1. The standard InChI is InChI=1S/C24H37NO3/c1-2-3-4-5-11-14-17-22-23(28-22)18-15-12-9-7-6-8-10-13-16-19-24(27)25-20-21-26/h3-4,6-7,10-15,22-23,26H,2,5,8-9,16-21H2,1H3,(H,25,27)/b4-3-,7-6-,13-10-,14-11-,15-12-. The van der Waals surface area contributed by atoms with E-state index in [4.69, 9.17) is 9.84 Å². The smallest absolute Gasteiger partial charge is 0.220 e. The van der Waals surface area contributed by atoms with E-state index in [0.717, 1.165) is 44.9 Å². The van der Waals surface area contributed by atoms with E-state index in [1.165, 1.54) is 0 Å². The molecule has 1 fully saturated rings. The molecule has 2 N–H and O–H groups in total. The number of rotatable bonds is 16. The minimum Gasteiger partial charge on any atom is -0.395 e. The Morgan fingerprint density at radius 2 is 1.39 bits per heavy atom. The largest absolute Gasteiger partial charge is 0.395 e. The summed E-state index contributed by atoms with van der Waals surface area (Å²) in [6.07, 6.45) is 29.6. The van der Waals surface area contributed by atoms with Gasteiger partial charge in [0.15, 0.2) is 0 Å². The van der Waals surface area contributed by atoms with Crippen LogP contribution in [0.2, 0.25) is 0 Å². The van der Waals surface area contributed by atoms with Gasteiger partial charge in [0.05, 0.1) is 18.8 Å². The van der Waals surface area contributed by atoms with Crippen LogP contribution in [0.5, 0.6) is 0 Å². The van der Waals surface area contributed by atoms with E-state index in [1.54, 1.807) is 0 Å². The van der Waals surface area contributed by atoms with Crippen molar-refractivity contribution in [3.63, 3.8) is 0 Å². The van der Waals surface area contributed by atoms with Gasteiger partial charge >= 0.3 is 0 Å². The van der Waals surface area contributed by atoms with Gasteiger partial charge in [-0.3, -0.25) is 4.79 Å². The van der Waals surface area contributed by atoms with Crippen LogP contribution in [0, 0.1) is 0 Å². The summed E-state index contributed by atoms with van der Waals surface area (Å²) >= 11 is 0. The maximum atomic E-state index is 11.3. The predicted molar refractivity (Wildman–Crippen MR) is 117 cm³/mol. The third kappa shape index (κ3) is 14.2. The van der Waals surface area contributed by atoms with Gasteiger partial charge in [-0.05, 0) is 44.9 Å². The van der Waals surface area contributed by atoms with Gasteiger partial charge in [0.2, 0.25) is 5.91 Å². The lowest BCUT2D eigenvalue weighted by atomic mass is 10.1. The molecule has 1 rings (SSSR count). The summed E-state index contributed by atoms with van der Waals surface area (Å²) < 4.78 is 5.68. The molecule has 0 radical (unpaired) electrons. The summed E-state index contributed by atoms with van der Waals surface area (Å²) in [6, 6.07) is 0. The number of carbonyl (C=O) groups is 1. The second-order valence-electron chi connectivity index (χ2n) is 6.77. The van der Waals surface area contributed by atoms with E-state index in [9.17, 15) is 4.79 Å². The average Bonchev–Trinajstić information content (AvgIpc) is 3.45. The molecule has 0 aromatic rings. The van der Waals surface area contributed by atoms with E-state index in [2.05, 4.69) is 66.9 Å². The minimum atomic E-state index is -0.0126. The molecule has 156 valence electrons. The second-order valence-corrected chi connectivity index (χ2v) is 6.77. The molecule has 4 nitrogen and oxygen atoms in total. The Kier molecular flexibility index (Phi) is 14.8. The number of aliphatic hydroxyl groups excluding tert-OH is 1. The lowest BCUT2D eigenvalue weighted by Crippen LogP contribution is -2.25. The van der Waals surface area contributed by atoms with Gasteiger partial charge in [0, 0.05) is 13.0 Å². The van der Waals surface area contributed by atoms with Crippen molar-refractivity contribution in [2.75, 3.05) is 13.2 Å². The Balaban J connectivity index is 1.95. The number of epoxide rings is 1. The molecule has 2 atom stereocenters. The summed E-state index contributed by atoms with van der Waals surface area (Å²) in [7, 11) is 0. The third-order valence-corrected chi connectivity index (χ3v) is 4.28. The van der Waals surface area contributed by atoms with E-state index in [0.29, 0.717) is 25.2 Å². The molecule has 2 unspecified atom stereocenters. The first-order valence-corrected chi connectivity index (χ1v) is 10.6. The molecule has 28 heavy (non-hydrogen) atoms. The number of hydrogen-bond acceptors (Lipinski definition) is 3. The molecule has 1 heterocycles. The molecule has 0 bridgehead atoms. The Morgan fingerprint density at radius 1 is 0.857 bits per heavy atom. The molecule has 1 aliphatic heterocycles. The Labute approximate surface area is 170 Å². The van der Waals surface area contributed by atoms with Crippen LogP contribution < -0.4 is 5.32 Å². The zero-order valence-electron chi connectivity index (χ0n) is 17.3. The normalized spacial score (nSPS) is 19.8. The van der Waals surface area contributed by atoms with Crippen LogP contribution in [-0.2, 0) is 9.53 Å². The molecular weight excluding hydrogens is 350 g/mol. The van der Waals surface area contributed by atoms with Gasteiger partial charge in [-0.2, -0.15) is 0 Å². The van der Waals surface area contributed by atoms with Crippen molar-refractivity contribution < 1.29 is 14.6 Å². The monoisotopic (exact) mass is 387 g/mol. The number of ether oxygens (including phenoxy) is 1. The van der Waals surface area contributed by atoms with Crippen LogP contribution in [0.1, 0.15) is 58.3 Å². The van der Waals surface area contributed by atoms with Gasteiger partial charge in [0.1, 0.15) is 0 Å².